The van der Waals surface area contributed by atoms with Crippen molar-refractivity contribution in [1.82, 2.24) is 0 Å². The van der Waals surface area contributed by atoms with Gasteiger partial charge in [-0.3, -0.25) is 9.59 Å². The van der Waals surface area contributed by atoms with E-state index >= 15 is 0 Å². The van der Waals surface area contributed by atoms with Gasteiger partial charge in [0.1, 0.15) is 11.6 Å². The fraction of sp³-hybridized carbons (Fsp3) is 0.0667. The van der Waals surface area contributed by atoms with Crippen molar-refractivity contribution in [3.05, 3.63) is 64.2 Å². The van der Waals surface area contributed by atoms with Crippen LogP contribution in [0, 0.1) is 11.6 Å². The van der Waals surface area contributed by atoms with Crippen LogP contribution >= 0.6 is 11.6 Å². The van der Waals surface area contributed by atoms with E-state index < -0.39 is 23.3 Å². The van der Waals surface area contributed by atoms with E-state index in [1.54, 1.807) is 6.07 Å². The molecule has 1 aliphatic heterocycles. The number of halogens is 3. The predicted molar refractivity (Wildman–Crippen MR) is 73.3 cm³/mol. The number of carbonyl (C=O) groups is 2. The van der Waals surface area contributed by atoms with Crippen LogP contribution in [0.15, 0.2) is 36.4 Å². The summed E-state index contributed by atoms with van der Waals surface area (Å²) in [6.07, 6.45) is 0. The average Bonchev–Trinajstić information content (AvgIpc) is 2.69. The Labute approximate surface area is 123 Å². The Morgan fingerprint density at radius 2 is 1.86 bits per heavy atom. The van der Waals surface area contributed by atoms with Crippen molar-refractivity contribution in [2.24, 2.45) is 0 Å². The van der Waals surface area contributed by atoms with E-state index in [0.29, 0.717) is 11.3 Å². The van der Waals surface area contributed by atoms with E-state index in [9.17, 15) is 18.4 Å². The van der Waals surface area contributed by atoms with Gasteiger partial charge in [-0.15, -0.1) is 0 Å². The minimum atomic E-state index is -0.782. The molecule has 0 spiro atoms. The number of Topliss-reactive ketones (excluding diaryl/α,β-unsaturated/α-hetero) is 1. The lowest BCUT2D eigenvalue weighted by Gasteiger charge is -2.17. The maximum atomic E-state index is 13.4. The van der Waals surface area contributed by atoms with Gasteiger partial charge in [0, 0.05) is 0 Å². The van der Waals surface area contributed by atoms with Crippen LogP contribution in [-0.2, 0) is 11.3 Å². The highest BCUT2D eigenvalue weighted by atomic mass is 35.5. The van der Waals surface area contributed by atoms with Crippen molar-refractivity contribution in [2.75, 3.05) is 4.90 Å². The van der Waals surface area contributed by atoms with E-state index in [0.717, 1.165) is 17.0 Å². The van der Waals surface area contributed by atoms with Gasteiger partial charge >= 0.3 is 0 Å². The quantitative estimate of drug-likeness (QED) is 0.798. The van der Waals surface area contributed by atoms with Crippen LogP contribution < -0.4 is 4.90 Å². The molecular formula is C15H8ClF2NO2. The Balaban J connectivity index is 2.03. The molecule has 6 heteroatoms. The Morgan fingerprint density at radius 1 is 1.10 bits per heavy atom. The van der Waals surface area contributed by atoms with Gasteiger partial charge in [-0.1, -0.05) is 23.7 Å². The van der Waals surface area contributed by atoms with E-state index in [1.165, 1.54) is 18.2 Å². The zero-order valence-electron chi connectivity index (χ0n) is 10.6. The second kappa shape index (κ2) is 4.93. The summed E-state index contributed by atoms with van der Waals surface area (Å²) in [7, 11) is 0. The highest BCUT2D eigenvalue weighted by molar-refractivity contribution is 6.52. The Hall–Kier alpha value is -2.27. The largest absolute Gasteiger partial charge is 0.300 e. The lowest BCUT2D eigenvalue weighted by molar-refractivity contribution is -0.114. The number of benzene rings is 2. The molecule has 0 aliphatic carbocycles. The first-order valence-corrected chi connectivity index (χ1v) is 6.45. The number of hydrogen-bond donors (Lipinski definition) is 0. The third-order valence-electron chi connectivity index (χ3n) is 3.29. The van der Waals surface area contributed by atoms with Crippen LogP contribution in [0.1, 0.15) is 15.9 Å². The number of carbonyl (C=O) groups excluding carboxylic acids is 2. The lowest BCUT2D eigenvalue weighted by atomic mass is 10.1. The molecule has 1 aliphatic rings. The summed E-state index contributed by atoms with van der Waals surface area (Å²) in [5.41, 5.74) is 0.675. The molecular weight excluding hydrogens is 300 g/mol. The first kappa shape index (κ1) is 13.7. The first-order valence-electron chi connectivity index (χ1n) is 6.07. The molecule has 0 atom stereocenters. The molecule has 0 saturated heterocycles. The summed E-state index contributed by atoms with van der Waals surface area (Å²) in [5.74, 6) is -2.76. The van der Waals surface area contributed by atoms with Gasteiger partial charge in [0.2, 0.25) is 0 Å². The number of ketones is 1. The Bertz CT molecular complexity index is 776. The van der Waals surface area contributed by atoms with Crippen LogP contribution in [0.5, 0.6) is 0 Å². The molecule has 2 aromatic carbocycles. The molecule has 0 bridgehead atoms. The number of amides is 1. The molecule has 3 rings (SSSR count). The van der Waals surface area contributed by atoms with Crippen molar-refractivity contribution in [3.63, 3.8) is 0 Å². The molecule has 106 valence electrons. The summed E-state index contributed by atoms with van der Waals surface area (Å²) in [6.45, 7) is -0.0558. The number of fused-ring (bicyclic) bond motifs is 1. The number of anilines is 1. The van der Waals surface area contributed by atoms with Gasteiger partial charge in [-0.2, -0.15) is 0 Å². The smallest absolute Gasteiger partial charge is 0.299 e. The minimum Gasteiger partial charge on any atom is -0.300 e. The Kier molecular flexibility index (Phi) is 3.22. The topological polar surface area (TPSA) is 37.4 Å². The molecule has 2 aromatic rings. The molecule has 0 aromatic heterocycles. The van der Waals surface area contributed by atoms with E-state index in [1.807, 2.05) is 0 Å². The van der Waals surface area contributed by atoms with Gasteiger partial charge < -0.3 is 4.90 Å². The summed E-state index contributed by atoms with van der Waals surface area (Å²) in [4.78, 5) is 25.0. The second-order valence-corrected chi connectivity index (χ2v) is 4.97. The van der Waals surface area contributed by atoms with Gasteiger partial charge in [0.15, 0.2) is 0 Å². The van der Waals surface area contributed by atoms with E-state index in [2.05, 4.69) is 0 Å². The molecule has 0 fully saturated rings. The van der Waals surface area contributed by atoms with Crippen LogP contribution in [0.25, 0.3) is 0 Å². The number of nitrogens with zero attached hydrogens (tertiary/aromatic N) is 1. The normalized spacial score (nSPS) is 13.8. The van der Waals surface area contributed by atoms with Crippen molar-refractivity contribution in [1.29, 1.82) is 0 Å². The van der Waals surface area contributed by atoms with Gasteiger partial charge in [-0.05, 0) is 29.8 Å². The molecule has 0 N–H and O–H groups in total. The second-order valence-electron chi connectivity index (χ2n) is 4.59. The van der Waals surface area contributed by atoms with Gasteiger partial charge in [0.25, 0.3) is 11.7 Å². The molecule has 0 radical (unpaired) electrons. The molecule has 1 heterocycles. The standard InChI is InChI=1S/C15H8ClF2NO2/c16-13-8(2-1-3-11(13)18)7-19-12-5-4-9(17)6-10(12)14(20)15(19)21/h1-6H,7H2. The monoisotopic (exact) mass is 307 g/mol. The van der Waals surface area contributed by atoms with Crippen LogP contribution in [0.4, 0.5) is 14.5 Å². The third-order valence-corrected chi connectivity index (χ3v) is 3.72. The van der Waals surface area contributed by atoms with Crippen LogP contribution in [-0.4, -0.2) is 11.7 Å². The predicted octanol–water partition coefficient (Wildman–Crippen LogP) is 3.35. The maximum Gasteiger partial charge on any atom is 0.299 e. The van der Waals surface area contributed by atoms with Crippen LogP contribution in [0.2, 0.25) is 5.02 Å². The van der Waals surface area contributed by atoms with Gasteiger partial charge in [-0.25, -0.2) is 8.78 Å². The third kappa shape index (κ3) is 2.19. The minimum absolute atomic E-state index is 0.00697. The lowest BCUT2D eigenvalue weighted by Crippen LogP contribution is -2.29. The van der Waals surface area contributed by atoms with Gasteiger partial charge in [0.05, 0.1) is 22.8 Å². The Morgan fingerprint density at radius 3 is 2.62 bits per heavy atom. The summed E-state index contributed by atoms with van der Waals surface area (Å²) < 4.78 is 26.6. The molecule has 0 unspecified atom stereocenters. The SMILES string of the molecule is O=C1C(=O)N(Cc2cccc(F)c2Cl)c2ccc(F)cc21. The number of hydrogen-bond acceptors (Lipinski definition) is 2. The summed E-state index contributed by atoms with van der Waals surface area (Å²) in [5, 5.41) is -0.103. The first-order chi connectivity index (χ1) is 9.99. The van der Waals surface area contributed by atoms with E-state index in [4.69, 9.17) is 11.6 Å². The van der Waals surface area contributed by atoms with Crippen molar-refractivity contribution in [2.45, 2.75) is 6.54 Å². The average molecular weight is 308 g/mol. The summed E-state index contributed by atoms with van der Waals surface area (Å²) >= 11 is 5.85. The molecule has 1 amide bonds. The molecule has 0 saturated carbocycles. The molecule has 3 nitrogen and oxygen atoms in total. The zero-order valence-corrected chi connectivity index (χ0v) is 11.3. The molecule has 21 heavy (non-hydrogen) atoms. The van der Waals surface area contributed by atoms with Crippen molar-refractivity contribution < 1.29 is 18.4 Å². The van der Waals surface area contributed by atoms with Crippen molar-refractivity contribution in [3.8, 4) is 0 Å². The zero-order chi connectivity index (χ0) is 15.1. The highest BCUT2D eigenvalue weighted by Crippen LogP contribution is 2.32. The van der Waals surface area contributed by atoms with Crippen LogP contribution in [0.3, 0.4) is 0 Å². The van der Waals surface area contributed by atoms with E-state index in [-0.39, 0.29) is 17.1 Å². The highest BCUT2D eigenvalue weighted by Gasteiger charge is 2.36. The number of rotatable bonds is 2. The van der Waals surface area contributed by atoms with Crippen molar-refractivity contribution >= 4 is 29.0 Å². The summed E-state index contributed by atoms with van der Waals surface area (Å²) in [6, 6.07) is 7.75. The fourth-order valence-electron chi connectivity index (χ4n) is 2.27. The maximum absolute atomic E-state index is 13.4. The fourth-order valence-corrected chi connectivity index (χ4v) is 2.46.